The highest BCUT2D eigenvalue weighted by Crippen LogP contribution is 2.34. The van der Waals surface area contributed by atoms with E-state index in [9.17, 15) is 9.59 Å². The van der Waals surface area contributed by atoms with E-state index in [1.807, 2.05) is 31.0 Å². The van der Waals surface area contributed by atoms with Crippen molar-refractivity contribution in [3.8, 4) is 5.69 Å². The Bertz CT molecular complexity index is 1560. The molecule has 3 N–H and O–H groups in total. The van der Waals surface area contributed by atoms with Crippen LogP contribution in [0.2, 0.25) is 15.1 Å². The Balaban J connectivity index is 1.41. The third kappa shape index (κ3) is 6.05. The Morgan fingerprint density at radius 2 is 1.77 bits per heavy atom. The molecular weight excluding hydrogens is 565 g/mol. The number of rotatable bonds is 6. The highest BCUT2D eigenvalue weighted by molar-refractivity contribution is 6.40. The number of hydrogen-bond acceptors (Lipinski definition) is 6. The van der Waals surface area contributed by atoms with Gasteiger partial charge in [-0.25, -0.2) is 19.5 Å². The minimum absolute atomic E-state index is 0.0483. The van der Waals surface area contributed by atoms with E-state index in [1.54, 1.807) is 24.3 Å². The van der Waals surface area contributed by atoms with Crippen LogP contribution >= 0.6 is 34.8 Å². The zero-order valence-corrected chi connectivity index (χ0v) is 23.5. The summed E-state index contributed by atoms with van der Waals surface area (Å²) in [6, 6.07) is 10.1. The number of fused-ring (bicyclic) bond motifs is 1. The van der Waals surface area contributed by atoms with Gasteiger partial charge >= 0.3 is 6.03 Å². The number of nitrogens with one attached hydrogen (secondary N) is 3. The van der Waals surface area contributed by atoms with Gasteiger partial charge in [0.25, 0.3) is 5.56 Å². The van der Waals surface area contributed by atoms with E-state index >= 15 is 0 Å². The van der Waals surface area contributed by atoms with Gasteiger partial charge in [-0.2, -0.15) is 5.10 Å². The number of H-pyrrole nitrogens is 1. The summed E-state index contributed by atoms with van der Waals surface area (Å²) in [6.45, 7) is 6.32. The van der Waals surface area contributed by atoms with Gasteiger partial charge in [-0.3, -0.25) is 10.2 Å². The van der Waals surface area contributed by atoms with E-state index < -0.39 is 0 Å². The molecule has 0 spiro atoms. The predicted molar refractivity (Wildman–Crippen MR) is 152 cm³/mol. The average molecular weight is 591 g/mol. The number of morpholine rings is 1. The summed E-state index contributed by atoms with van der Waals surface area (Å²) in [6.07, 6.45) is 0.343. The second-order valence-electron chi connectivity index (χ2n) is 9.42. The molecule has 3 heterocycles. The number of aromatic amines is 1. The molecule has 1 aliphatic heterocycles. The zero-order valence-electron chi connectivity index (χ0n) is 21.2. The van der Waals surface area contributed by atoms with Crippen molar-refractivity contribution in [3.63, 3.8) is 0 Å². The van der Waals surface area contributed by atoms with Crippen LogP contribution in [0.25, 0.3) is 16.7 Å². The number of amides is 2. The summed E-state index contributed by atoms with van der Waals surface area (Å²) >= 11 is 19.1. The average Bonchev–Trinajstić information content (AvgIpc) is 3.25. The molecule has 0 bridgehead atoms. The molecule has 1 saturated heterocycles. The second-order valence-corrected chi connectivity index (χ2v) is 10.7. The Hall–Kier alpha value is -3.15. The summed E-state index contributed by atoms with van der Waals surface area (Å²) in [7, 11) is 0. The molecule has 0 saturated carbocycles. The molecule has 204 valence electrons. The van der Waals surface area contributed by atoms with Crippen molar-refractivity contribution in [2.45, 2.75) is 26.2 Å². The molecule has 0 unspecified atom stereocenters. The van der Waals surface area contributed by atoms with Crippen LogP contribution in [0.3, 0.4) is 0 Å². The summed E-state index contributed by atoms with van der Waals surface area (Å²) < 4.78 is 6.79. The quantitative estimate of drug-likeness (QED) is 0.286. The summed E-state index contributed by atoms with van der Waals surface area (Å²) in [5.74, 6) is 0.392. The number of hydrazine groups is 1. The Morgan fingerprint density at radius 1 is 1.10 bits per heavy atom. The van der Waals surface area contributed by atoms with Gasteiger partial charge < -0.3 is 15.0 Å². The van der Waals surface area contributed by atoms with Crippen LogP contribution in [-0.2, 0) is 11.2 Å². The number of carbonyl (C=O) groups is 1. The third-order valence-corrected chi connectivity index (χ3v) is 7.00. The van der Waals surface area contributed by atoms with E-state index in [1.165, 1.54) is 4.68 Å². The van der Waals surface area contributed by atoms with E-state index in [2.05, 4.69) is 20.8 Å². The van der Waals surface area contributed by atoms with Crippen LogP contribution in [0.5, 0.6) is 0 Å². The van der Waals surface area contributed by atoms with E-state index in [4.69, 9.17) is 44.5 Å². The van der Waals surface area contributed by atoms with Gasteiger partial charge in [0.2, 0.25) is 0 Å². The first-order chi connectivity index (χ1) is 18.7. The van der Waals surface area contributed by atoms with Crippen molar-refractivity contribution in [1.29, 1.82) is 0 Å². The molecule has 10 nitrogen and oxygen atoms in total. The van der Waals surface area contributed by atoms with Crippen molar-refractivity contribution < 1.29 is 9.53 Å². The fraction of sp³-hybridized carbons (Fsp3) is 0.308. The molecule has 1 aliphatic rings. The molecule has 0 aliphatic carbocycles. The van der Waals surface area contributed by atoms with Gasteiger partial charge in [-0.05, 0) is 35.7 Å². The standard InChI is InChI=1S/C26H26Cl3N7O3/c1-14(2)22-21-24(36(33-22)23-18(28)12-16(27)13-19(23)29)31-20(32-25(21)37)11-15-3-5-17(6-4-15)30-26(38)34-35-7-9-39-10-8-35/h3-6,12-14H,7-11H2,1-2H3,(H2,30,34,38)(H,31,32,37). The first-order valence-corrected chi connectivity index (χ1v) is 13.5. The molecular formula is C26H26Cl3N7O3. The number of nitrogens with zero attached hydrogens (tertiary/aromatic N) is 4. The van der Waals surface area contributed by atoms with Gasteiger partial charge in [-0.15, -0.1) is 0 Å². The van der Waals surface area contributed by atoms with Crippen molar-refractivity contribution in [2.75, 3.05) is 31.6 Å². The number of benzene rings is 2. The molecule has 13 heteroatoms. The lowest BCUT2D eigenvalue weighted by atomic mass is 10.1. The molecule has 2 aromatic heterocycles. The van der Waals surface area contributed by atoms with Crippen molar-refractivity contribution in [1.82, 2.24) is 30.2 Å². The molecule has 0 radical (unpaired) electrons. The number of halogens is 3. The summed E-state index contributed by atoms with van der Waals surface area (Å²) in [4.78, 5) is 33.2. The molecule has 0 atom stereocenters. The van der Waals surface area contributed by atoms with Gasteiger partial charge in [0, 0.05) is 30.2 Å². The first-order valence-electron chi connectivity index (χ1n) is 12.4. The minimum atomic E-state index is -0.324. The van der Waals surface area contributed by atoms with E-state index in [0.29, 0.717) is 71.7 Å². The fourth-order valence-electron chi connectivity index (χ4n) is 4.35. The monoisotopic (exact) mass is 589 g/mol. The molecule has 1 fully saturated rings. The second kappa shape index (κ2) is 11.5. The van der Waals surface area contributed by atoms with Crippen LogP contribution < -0.4 is 16.3 Å². The van der Waals surface area contributed by atoms with Crippen LogP contribution in [0, 0.1) is 0 Å². The lowest BCUT2D eigenvalue weighted by molar-refractivity contribution is 0.0207. The number of aromatic nitrogens is 4. The molecule has 4 aromatic rings. The smallest absolute Gasteiger partial charge is 0.333 e. The van der Waals surface area contributed by atoms with Gasteiger partial charge in [0.05, 0.1) is 29.0 Å². The first kappa shape index (κ1) is 27.4. The normalized spacial score (nSPS) is 14.2. The zero-order chi connectivity index (χ0) is 27.7. The lowest BCUT2D eigenvalue weighted by Crippen LogP contribution is -2.49. The van der Waals surface area contributed by atoms with Crippen LogP contribution in [0.15, 0.2) is 41.2 Å². The van der Waals surface area contributed by atoms with Crippen molar-refractivity contribution >= 4 is 57.6 Å². The number of ether oxygens (including phenoxy) is 1. The van der Waals surface area contributed by atoms with Gasteiger partial charge in [0.1, 0.15) is 16.9 Å². The van der Waals surface area contributed by atoms with Crippen molar-refractivity contribution in [3.05, 3.63) is 78.9 Å². The number of anilines is 1. The Morgan fingerprint density at radius 3 is 2.41 bits per heavy atom. The molecule has 5 rings (SSSR count). The maximum atomic E-state index is 13.2. The van der Waals surface area contributed by atoms with Crippen LogP contribution in [-0.4, -0.2) is 57.1 Å². The van der Waals surface area contributed by atoms with Gasteiger partial charge in [0.15, 0.2) is 5.65 Å². The van der Waals surface area contributed by atoms with Crippen LogP contribution in [0.4, 0.5) is 10.5 Å². The highest BCUT2D eigenvalue weighted by Gasteiger charge is 2.23. The topological polar surface area (TPSA) is 117 Å². The minimum Gasteiger partial charge on any atom is -0.379 e. The van der Waals surface area contributed by atoms with Gasteiger partial charge in [-0.1, -0.05) is 60.8 Å². The molecule has 2 aromatic carbocycles. The maximum absolute atomic E-state index is 13.2. The predicted octanol–water partition coefficient (Wildman–Crippen LogP) is 5.15. The Kier molecular flexibility index (Phi) is 8.11. The largest absolute Gasteiger partial charge is 0.379 e. The number of urea groups is 1. The highest BCUT2D eigenvalue weighted by atomic mass is 35.5. The fourth-order valence-corrected chi connectivity index (χ4v) is 5.33. The van der Waals surface area contributed by atoms with Crippen LogP contribution in [0.1, 0.15) is 36.8 Å². The maximum Gasteiger partial charge on any atom is 0.333 e. The number of carbonyl (C=O) groups excluding carboxylic acids is 1. The SMILES string of the molecule is CC(C)c1nn(-c2c(Cl)cc(Cl)cc2Cl)c2nc(Cc3ccc(NC(=O)NN4CCOCC4)cc3)[nH]c(=O)c12. The Labute approximate surface area is 239 Å². The third-order valence-electron chi connectivity index (χ3n) is 6.21. The van der Waals surface area contributed by atoms with Crippen molar-refractivity contribution in [2.24, 2.45) is 0 Å². The van der Waals surface area contributed by atoms with E-state index in [0.717, 1.165) is 5.56 Å². The molecule has 2 amide bonds. The van der Waals surface area contributed by atoms with E-state index in [-0.39, 0.29) is 27.6 Å². The molecule has 39 heavy (non-hydrogen) atoms. The summed E-state index contributed by atoms with van der Waals surface area (Å²) in [5, 5.41) is 10.6. The number of hydrogen-bond donors (Lipinski definition) is 3. The summed E-state index contributed by atoms with van der Waals surface area (Å²) in [5.41, 5.74) is 5.35. The lowest BCUT2D eigenvalue weighted by Gasteiger charge is -2.26.